The molecule has 1 aliphatic rings. The predicted molar refractivity (Wildman–Crippen MR) is 103 cm³/mol. The Morgan fingerprint density at radius 3 is 2.30 bits per heavy atom. The van der Waals surface area contributed by atoms with Gasteiger partial charge in [-0.05, 0) is 36.4 Å². The Bertz CT molecular complexity index is 775. The third-order valence-electron chi connectivity index (χ3n) is 4.65. The number of anilines is 2. The second-order valence-electron chi connectivity index (χ2n) is 6.27. The van der Waals surface area contributed by atoms with Gasteiger partial charge in [0.2, 0.25) is 5.91 Å². The fraction of sp³-hybridized carbons (Fsp3) is 0.350. The summed E-state index contributed by atoms with van der Waals surface area (Å²) in [5.74, 6) is 1.06. The van der Waals surface area contributed by atoms with Gasteiger partial charge in [-0.3, -0.25) is 4.79 Å². The molecule has 7 heteroatoms. The molecule has 0 aromatic heterocycles. The number of rotatable bonds is 6. The van der Waals surface area contributed by atoms with E-state index in [-0.39, 0.29) is 18.3 Å². The standard InChI is InChI=1S/C20H24FN3O3/c1-26-18-8-5-16(13-19(18)27-2)22-14-20(25)24-11-9-23(10-12-24)17-6-3-15(21)4-7-17/h3-8,13,22H,9-12,14H2,1-2H3. The average molecular weight is 373 g/mol. The first-order valence-electron chi connectivity index (χ1n) is 8.85. The fourth-order valence-electron chi connectivity index (χ4n) is 3.10. The van der Waals surface area contributed by atoms with Crippen molar-refractivity contribution in [1.29, 1.82) is 0 Å². The van der Waals surface area contributed by atoms with E-state index < -0.39 is 0 Å². The molecule has 1 fully saturated rings. The van der Waals surface area contributed by atoms with Gasteiger partial charge in [-0.25, -0.2) is 4.39 Å². The zero-order valence-corrected chi connectivity index (χ0v) is 15.6. The SMILES string of the molecule is COc1ccc(NCC(=O)N2CCN(c3ccc(F)cc3)CC2)cc1OC. The van der Waals surface area contributed by atoms with Gasteiger partial charge in [0.05, 0.1) is 20.8 Å². The summed E-state index contributed by atoms with van der Waals surface area (Å²) in [5.41, 5.74) is 1.78. The quantitative estimate of drug-likeness (QED) is 0.844. The van der Waals surface area contributed by atoms with Gasteiger partial charge in [-0.2, -0.15) is 0 Å². The number of benzene rings is 2. The van der Waals surface area contributed by atoms with Gasteiger partial charge in [0.15, 0.2) is 11.5 Å². The van der Waals surface area contributed by atoms with Crippen LogP contribution in [0.25, 0.3) is 0 Å². The Morgan fingerprint density at radius 1 is 1.00 bits per heavy atom. The molecule has 0 atom stereocenters. The molecule has 1 saturated heterocycles. The molecule has 2 aromatic carbocycles. The number of carbonyl (C=O) groups excluding carboxylic acids is 1. The minimum absolute atomic E-state index is 0.0449. The summed E-state index contributed by atoms with van der Waals surface area (Å²) in [5, 5.41) is 3.13. The lowest BCUT2D eigenvalue weighted by Gasteiger charge is -2.36. The molecule has 0 radical (unpaired) electrons. The number of ether oxygens (including phenoxy) is 2. The highest BCUT2D eigenvalue weighted by molar-refractivity contribution is 5.81. The smallest absolute Gasteiger partial charge is 0.241 e. The van der Waals surface area contributed by atoms with Gasteiger partial charge in [0.25, 0.3) is 0 Å². The minimum atomic E-state index is -0.242. The first-order chi connectivity index (χ1) is 13.1. The summed E-state index contributed by atoms with van der Waals surface area (Å²) in [6.07, 6.45) is 0. The Labute approximate surface area is 158 Å². The molecule has 1 aliphatic heterocycles. The largest absolute Gasteiger partial charge is 0.493 e. The molecule has 0 spiro atoms. The lowest BCUT2D eigenvalue weighted by Crippen LogP contribution is -2.50. The number of piperazine rings is 1. The van der Waals surface area contributed by atoms with Crippen molar-refractivity contribution in [2.24, 2.45) is 0 Å². The molecule has 0 unspecified atom stereocenters. The topological polar surface area (TPSA) is 54.0 Å². The van der Waals surface area contributed by atoms with Crippen molar-refractivity contribution in [1.82, 2.24) is 4.90 Å². The second-order valence-corrected chi connectivity index (χ2v) is 6.27. The maximum absolute atomic E-state index is 13.0. The zero-order chi connectivity index (χ0) is 19.2. The van der Waals surface area contributed by atoms with Crippen molar-refractivity contribution < 1.29 is 18.7 Å². The molecule has 6 nitrogen and oxygen atoms in total. The molecular weight excluding hydrogens is 349 g/mol. The Hall–Kier alpha value is -2.96. The van der Waals surface area contributed by atoms with E-state index in [0.29, 0.717) is 24.6 Å². The summed E-state index contributed by atoms with van der Waals surface area (Å²) < 4.78 is 23.5. The van der Waals surface area contributed by atoms with Crippen molar-refractivity contribution in [2.45, 2.75) is 0 Å². The highest BCUT2D eigenvalue weighted by atomic mass is 19.1. The Morgan fingerprint density at radius 2 is 1.67 bits per heavy atom. The van der Waals surface area contributed by atoms with Gasteiger partial charge >= 0.3 is 0 Å². The van der Waals surface area contributed by atoms with Crippen molar-refractivity contribution in [3.8, 4) is 11.5 Å². The summed E-state index contributed by atoms with van der Waals surface area (Å²) in [6.45, 7) is 2.96. The Balaban J connectivity index is 1.50. The molecule has 27 heavy (non-hydrogen) atoms. The van der Waals surface area contributed by atoms with Crippen LogP contribution >= 0.6 is 0 Å². The number of amides is 1. The molecule has 0 saturated carbocycles. The number of carbonyl (C=O) groups is 1. The minimum Gasteiger partial charge on any atom is -0.493 e. The zero-order valence-electron chi connectivity index (χ0n) is 15.6. The van der Waals surface area contributed by atoms with Crippen LogP contribution in [0.3, 0.4) is 0 Å². The van der Waals surface area contributed by atoms with Gasteiger partial charge in [0.1, 0.15) is 5.82 Å². The lowest BCUT2D eigenvalue weighted by molar-refractivity contribution is -0.129. The molecule has 144 valence electrons. The van der Waals surface area contributed by atoms with E-state index in [1.807, 2.05) is 11.0 Å². The van der Waals surface area contributed by atoms with E-state index in [4.69, 9.17) is 9.47 Å². The number of nitrogens with one attached hydrogen (secondary N) is 1. The van der Waals surface area contributed by atoms with Crippen LogP contribution in [0.2, 0.25) is 0 Å². The first-order valence-corrected chi connectivity index (χ1v) is 8.85. The van der Waals surface area contributed by atoms with Crippen LogP contribution in [0.5, 0.6) is 11.5 Å². The van der Waals surface area contributed by atoms with E-state index >= 15 is 0 Å². The molecule has 2 aromatic rings. The van der Waals surface area contributed by atoms with Crippen LogP contribution in [0.15, 0.2) is 42.5 Å². The van der Waals surface area contributed by atoms with Crippen LogP contribution in [-0.4, -0.2) is 57.8 Å². The van der Waals surface area contributed by atoms with Crippen molar-refractivity contribution in [3.05, 3.63) is 48.3 Å². The van der Waals surface area contributed by atoms with E-state index in [0.717, 1.165) is 24.5 Å². The lowest BCUT2D eigenvalue weighted by atomic mass is 10.2. The maximum atomic E-state index is 13.0. The van der Waals surface area contributed by atoms with Crippen LogP contribution in [0.1, 0.15) is 0 Å². The summed E-state index contributed by atoms with van der Waals surface area (Å²) in [4.78, 5) is 16.5. The third-order valence-corrected chi connectivity index (χ3v) is 4.65. The number of hydrogen-bond acceptors (Lipinski definition) is 5. The molecule has 1 N–H and O–H groups in total. The number of nitrogens with zero attached hydrogens (tertiary/aromatic N) is 2. The Kier molecular flexibility index (Phi) is 6.01. The average Bonchev–Trinajstić information content (AvgIpc) is 2.72. The van der Waals surface area contributed by atoms with E-state index in [1.165, 1.54) is 12.1 Å². The number of halogens is 1. The van der Waals surface area contributed by atoms with Crippen LogP contribution in [0.4, 0.5) is 15.8 Å². The summed E-state index contributed by atoms with van der Waals surface area (Å²) >= 11 is 0. The van der Waals surface area contributed by atoms with Gasteiger partial charge in [0, 0.05) is 43.6 Å². The first kappa shape index (κ1) is 18.8. The van der Waals surface area contributed by atoms with Gasteiger partial charge in [-0.15, -0.1) is 0 Å². The van der Waals surface area contributed by atoms with E-state index in [2.05, 4.69) is 10.2 Å². The molecule has 0 aliphatic carbocycles. The van der Waals surface area contributed by atoms with E-state index in [9.17, 15) is 9.18 Å². The van der Waals surface area contributed by atoms with Crippen LogP contribution in [-0.2, 0) is 4.79 Å². The monoisotopic (exact) mass is 373 g/mol. The highest BCUT2D eigenvalue weighted by Crippen LogP contribution is 2.29. The van der Waals surface area contributed by atoms with Crippen molar-refractivity contribution >= 4 is 17.3 Å². The number of methoxy groups -OCH3 is 2. The van der Waals surface area contributed by atoms with E-state index in [1.54, 1.807) is 38.5 Å². The van der Waals surface area contributed by atoms with Crippen LogP contribution in [0, 0.1) is 5.82 Å². The molecule has 3 rings (SSSR count). The van der Waals surface area contributed by atoms with Crippen molar-refractivity contribution in [2.75, 3.05) is 57.2 Å². The van der Waals surface area contributed by atoms with Crippen LogP contribution < -0.4 is 19.7 Å². The predicted octanol–water partition coefficient (Wildman–Crippen LogP) is 2.60. The number of hydrogen-bond donors (Lipinski definition) is 1. The highest BCUT2D eigenvalue weighted by Gasteiger charge is 2.21. The van der Waals surface area contributed by atoms with Gasteiger partial charge in [-0.1, -0.05) is 0 Å². The van der Waals surface area contributed by atoms with Gasteiger partial charge < -0.3 is 24.6 Å². The molecule has 0 bridgehead atoms. The summed E-state index contributed by atoms with van der Waals surface area (Å²) in [7, 11) is 3.16. The summed E-state index contributed by atoms with van der Waals surface area (Å²) in [6, 6.07) is 11.9. The second kappa shape index (κ2) is 8.62. The third kappa shape index (κ3) is 4.61. The maximum Gasteiger partial charge on any atom is 0.241 e. The fourth-order valence-corrected chi connectivity index (χ4v) is 3.10. The molecule has 1 amide bonds. The normalized spacial score (nSPS) is 14.0. The molecular formula is C20H24FN3O3. The van der Waals surface area contributed by atoms with Crippen molar-refractivity contribution in [3.63, 3.8) is 0 Å². The molecule has 1 heterocycles.